The van der Waals surface area contributed by atoms with Crippen LogP contribution in [0, 0.1) is 17.5 Å². The molecule has 0 spiro atoms. The third-order valence-electron chi connectivity index (χ3n) is 5.49. The van der Waals surface area contributed by atoms with E-state index in [0.29, 0.717) is 29.7 Å². The minimum atomic E-state index is -5.25. The molecule has 0 fully saturated rings. The summed E-state index contributed by atoms with van der Waals surface area (Å²) < 4.78 is 111. The molecule has 0 heterocycles. The van der Waals surface area contributed by atoms with Gasteiger partial charge in [0.2, 0.25) is 5.75 Å². The van der Waals surface area contributed by atoms with Crippen molar-refractivity contribution in [3.63, 3.8) is 0 Å². The number of aryl methyl sites for hydroxylation is 2. The van der Waals surface area contributed by atoms with Crippen molar-refractivity contribution in [2.24, 2.45) is 0 Å². The molecule has 0 aliphatic heterocycles. The van der Waals surface area contributed by atoms with Gasteiger partial charge in [-0.2, -0.15) is 0 Å². The average molecular weight is 526 g/mol. The Morgan fingerprint density at radius 1 is 0.811 bits per heavy atom. The fourth-order valence-corrected chi connectivity index (χ4v) is 3.63. The molecule has 0 aliphatic rings. The number of halogens is 8. The van der Waals surface area contributed by atoms with Crippen LogP contribution in [-0.4, -0.2) is 6.36 Å². The van der Waals surface area contributed by atoms with Crippen molar-refractivity contribution in [2.45, 2.75) is 39.0 Å². The van der Waals surface area contributed by atoms with Crippen molar-refractivity contribution < 1.29 is 39.9 Å². The van der Waals surface area contributed by atoms with Gasteiger partial charge in [-0.25, -0.2) is 22.0 Å². The monoisotopic (exact) mass is 526 g/mol. The molecule has 3 aromatic carbocycles. The van der Waals surface area contributed by atoms with Gasteiger partial charge in [-0.05, 0) is 66.6 Å². The Morgan fingerprint density at radius 3 is 2.00 bits per heavy atom. The highest BCUT2D eigenvalue weighted by molar-refractivity contribution is 5.68. The smallest absolute Gasteiger partial charge is 0.399 e. The minimum absolute atomic E-state index is 0.0198. The van der Waals surface area contributed by atoms with E-state index in [9.17, 15) is 35.1 Å². The van der Waals surface area contributed by atoms with Crippen LogP contribution in [0.15, 0.2) is 72.6 Å². The first-order valence-corrected chi connectivity index (χ1v) is 11.3. The fraction of sp³-hybridized carbons (Fsp3) is 0.214. The van der Waals surface area contributed by atoms with Gasteiger partial charge >= 0.3 is 6.36 Å². The third kappa shape index (κ3) is 7.68. The molecule has 3 rings (SSSR count). The lowest BCUT2D eigenvalue weighted by atomic mass is 9.98. The van der Waals surface area contributed by atoms with E-state index in [4.69, 9.17) is 0 Å². The van der Waals surface area contributed by atoms with Crippen LogP contribution in [0.2, 0.25) is 0 Å². The molecule has 9 heteroatoms. The average Bonchev–Trinajstić information content (AvgIpc) is 2.84. The van der Waals surface area contributed by atoms with Crippen molar-refractivity contribution in [1.29, 1.82) is 0 Å². The second-order valence-corrected chi connectivity index (χ2v) is 8.15. The van der Waals surface area contributed by atoms with Gasteiger partial charge in [-0.1, -0.05) is 48.6 Å². The number of ether oxygens (including phenoxy) is 1. The molecule has 0 saturated heterocycles. The molecule has 0 aliphatic carbocycles. The first-order chi connectivity index (χ1) is 17.5. The van der Waals surface area contributed by atoms with E-state index in [-0.39, 0.29) is 36.0 Å². The normalized spacial score (nSPS) is 12.7. The Morgan fingerprint density at radius 2 is 1.43 bits per heavy atom. The number of hydrogen-bond acceptors (Lipinski definition) is 1. The zero-order valence-corrected chi connectivity index (χ0v) is 19.6. The summed E-state index contributed by atoms with van der Waals surface area (Å²) in [7, 11) is 0. The number of hydrogen-bond donors (Lipinski definition) is 0. The Kier molecular flexibility index (Phi) is 9.13. The summed E-state index contributed by atoms with van der Waals surface area (Å²) in [5, 5.41) is 0. The molecule has 0 atom stereocenters. The van der Waals surface area contributed by atoms with Crippen LogP contribution in [0.25, 0.3) is 17.0 Å². The second kappa shape index (κ2) is 12.1. The Balaban J connectivity index is 1.70. The number of alkyl halides is 3. The first kappa shape index (κ1) is 28.0. The summed E-state index contributed by atoms with van der Waals surface area (Å²) >= 11 is 0. The van der Waals surface area contributed by atoms with E-state index >= 15 is 0 Å². The Labute approximate surface area is 208 Å². The van der Waals surface area contributed by atoms with Crippen molar-refractivity contribution >= 4 is 5.83 Å². The summed E-state index contributed by atoms with van der Waals surface area (Å²) in [5.41, 5.74) is 1.33. The quantitative estimate of drug-likeness (QED) is 0.199. The molecule has 1 nitrogen and oxygen atoms in total. The zero-order chi connectivity index (χ0) is 27.2. The number of rotatable bonds is 9. The lowest BCUT2D eigenvalue weighted by Crippen LogP contribution is -2.19. The van der Waals surface area contributed by atoms with Crippen LogP contribution in [0.5, 0.6) is 5.75 Å². The zero-order valence-electron chi connectivity index (χ0n) is 19.6. The summed E-state index contributed by atoms with van der Waals surface area (Å²) in [5.74, 6) is -7.01. The number of allylic oxidation sites excluding steroid dienone is 3. The summed E-state index contributed by atoms with van der Waals surface area (Å²) in [6.07, 6.45) is -1.48. The molecule has 0 unspecified atom stereocenters. The number of benzene rings is 3. The van der Waals surface area contributed by atoms with Gasteiger partial charge in [0.1, 0.15) is 11.6 Å². The molecular weight excluding hydrogens is 504 g/mol. The SMILES string of the molecule is C/C=C/CC/C(F)=C(\F)c1ccc(-c2ccc(CCc3cc(F)c(OC(F)(F)F)c(F)c3)c(F)c2)cc1. The van der Waals surface area contributed by atoms with E-state index in [2.05, 4.69) is 4.74 Å². The van der Waals surface area contributed by atoms with E-state index < -0.39 is 41.2 Å². The highest BCUT2D eigenvalue weighted by Crippen LogP contribution is 2.31. The van der Waals surface area contributed by atoms with Crippen LogP contribution in [0.1, 0.15) is 36.5 Å². The molecule has 0 saturated carbocycles. The molecule has 0 bridgehead atoms. The molecule has 37 heavy (non-hydrogen) atoms. The van der Waals surface area contributed by atoms with Crippen LogP contribution in [0.4, 0.5) is 35.1 Å². The highest BCUT2D eigenvalue weighted by atomic mass is 19.4. The largest absolute Gasteiger partial charge is 0.573 e. The van der Waals surface area contributed by atoms with Gasteiger partial charge in [0.25, 0.3) is 0 Å². The maximum Gasteiger partial charge on any atom is 0.573 e. The predicted molar refractivity (Wildman–Crippen MR) is 125 cm³/mol. The van der Waals surface area contributed by atoms with Gasteiger partial charge in [0.05, 0.1) is 0 Å². The molecular formula is C28H22F8O. The Bertz CT molecular complexity index is 1270. The molecule has 196 valence electrons. The lowest BCUT2D eigenvalue weighted by molar-refractivity contribution is -0.276. The second-order valence-electron chi connectivity index (χ2n) is 8.15. The van der Waals surface area contributed by atoms with Crippen LogP contribution in [0.3, 0.4) is 0 Å². The third-order valence-corrected chi connectivity index (χ3v) is 5.49. The van der Waals surface area contributed by atoms with E-state index in [0.717, 1.165) is 0 Å². The van der Waals surface area contributed by atoms with Gasteiger partial charge in [-0.3, -0.25) is 0 Å². The van der Waals surface area contributed by atoms with Crippen molar-refractivity contribution in [3.8, 4) is 16.9 Å². The van der Waals surface area contributed by atoms with Crippen molar-refractivity contribution in [2.75, 3.05) is 0 Å². The topological polar surface area (TPSA) is 9.23 Å². The minimum Gasteiger partial charge on any atom is -0.399 e. The molecule has 0 radical (unpaired) electrons. The van der Waals surface area contributed by atoms with Gasteiger partial charge in [-0.15, -0.1) is 13.2 Å². The predicted octanol–water partition coefficient (Wildman–Crippen LogP) is 9.42. The fourth-order valence-electron chi connectivity index (χ4n) is 3.63. The van der Waals surface area contributed by atoms with E-state index in [1.165, 1.54) is 36.4 Å². The summed E-state index contributed by atoms with van der Waals surface area (Å²) in [6.45, 7) is 1.78. The first-order valence-electron chi connectivity index (χ1n) is 11.3. The van der Waals surface area contributed by atoms with E-state index in [1.807, 2.05) is 0 Å². The summed E-state index contributed by atoms with van der Waals surface area (Å²) in [4.78, 5) is 0. The molecule has 0 N–H and O–H groups in total. The Hall–Kier alpha value is -3.62. The van der Waals surface area contributed by atoms with Gasteiger partial charge in [0.15, 0.2) is 17.5 Å². The van der Waals surface area contributed by atoms with Crippen LogP contribution in [-0.2, 0) is 12.8 Å². The maximum atomic E-state index is 14.7. The molecule has 3 aromatic rings. The maximum absolute atomic E-state index is 14.7. The molecule has 0 amide bonds. The summed E-state index contributed by atoms with van der Waals surface area (Å²) in [6, 6.07) is 11.5. The molecule has 0 aromatic heterocycles. The van der Waals surface area contributed by atoms with Crippen LogP contribution >= 0.6 is 0 Å². The van der Waals surface area contributed by atoms with Gasteiger partial charge < -0.3 is 4.74 Å². The standard InChI is InChI=1S/C28H22F8O/c1-2-3-4-5-22(29)26(33)20-11-8-18(9-12-20)21-13-10-19(23(30)16-21)7-6-17-14-24(31)27(25(32)15-17)37-28(34,35)36/h2-3,8-16H,4-7H2,1H3/b3-2+,26-22+. The van der Waals surface area contributed by atoms with E-state index in [1.54, 1.807) is 25.1 Å². The highest BCUT2D eigenvalue weighted by Gasteiger charge is 2.34. The van der Waals surface area contributed by atoms with Crippen LogP contribution < -0.4 is 4.74 Å². The van der Waals surface area contributed by atoms with Gasteiger partial charge in [0, 0.05) is 12.0 Å². The van der Waals surface area contributed by atoms with Crippen molar-refractivity contribution in [3.05, 3.63) is 107 Å². The van der Waals surface area contributed by atoms with Crippen molar-refractivity contribution in [1.82, 2.24) is 0 Å². The lowest BCUT2D eigenvalue weighted by Gasteiger charge is -2.12.